The number of hydrogen-bond acceptors (Lipinski definition) is 4. The van der Waals surface area contributed by atoms with Gasteiger partial charge < -0.3 is 15.0 Å². The molecular formula is C26H34N4O2. The van der Waals surface area contributed by atoms with Gasteiger partial charge in [-0.2, -0.15) is 0 Å². The first kappa shape index (κ1) is 20.4. The fourth-order valence-electron chi connectivity index (χ4n) is 7.83. The number of hydrogen-bond donors (Lipinski definition) is 2. The fraction of sp³-hybridized carbons (Fsp3) is 0.654. The van der Waals surface area contributed by atoms with E-state index in [4.69, 9.17) is 0 Å². The smallest absolute Gasteiger partial charge is 0.220 e. The van der Waals surface area contributed by atoms with Gasteiger partial charge in [0.15, 0.2) is 0 Å². The molecule has 1 aromatic carbocycles. The summed E-state index contributed by atoms with van der Waals surface area (Å²) in [5.74, 6) is 3.48. The number of rotatable bonds is 5. The van der Waals surface area contributed by atoms with Crippen molar-refractivity contribution in [3.8, 4) is 0 Å². The maximum atomic E-state index is 13.1. The van der Waals surface area contributed by atoms with Crippen molar-refractivity contribution in [1.29, 1.82) is 0 Å². The third-order valence-corrected chi connectivity index (χ3v) is 8.58. The summed E-state index contributed by atoms with van der Waals surface area (Å²) < 4.78 is 2.26. The number of aliphatic hydroxyl groups is 1. The minimum atomic E-state index is -0.496. The van der Waals surface area contributed by atoms with E-state index in [1.165, 1.54) is 12.0 Å². The van der Waals surface area contributed by atoms with Crippen LogP contribution in [0, 0.1) is 17.3 Å². The normalized spacial score (nSPS) is 35.3. The molecule has 2 heterocycles. The molecule has 4 fully saturated rings. The van der Waals surface area contributed by atoms with Gasteiger partial charge in [-0.15, -0.1) is 10.2 Å². The summed E-state index contributed by atoms with van der Waals surface area (Å²) in [7, 11) is 0. The van der Waals surface area contributed by atoms with E-state index >= 15 is 0 Å². The van der Waals surface area contributed by atoms with E-state index in [9.17, 15) is 9.90 Å². The predicted molar refractivity (Wildman–Crippen MR) is 121 cm³/mol. The van der Waals surface area contributed by atoms with Gasteiger partial charge >= 0.3 is 0 Å². The lowest BCUT2D eigenvalue weighted by molar-refractivity contribution is -0.169. The number of nitrogens with one attached hydrogen (secondary N) is 1. The Morgan fingerprint density at radius 1 is 1.09 bits per heavy atom. The average molecular weight is 435 g/mol. The van der Waals surface area contributed by atoms with Crippen molar-refractivity contribution in [3.63, 3.8) is 0 Å². The quantitative estimate of drug-likeness (QED) is 0.756. The zero-order valence-corrected chi connectivity index (χ0v) is 18.8. The van der Waals surface area contributed by atoms with Crippen LogP contribution in [0.2, 0.25) is 0 Å². The summed E-state index contributed by atoms with van der Waals surface area (Å²) in [5.41, 5.74) is 0.783. The van der Waals surface area contributed by atoms with Gasteiger partial charge in [-0.1, -0.05) is 30.3 Å². The van der Waals surface area contributed by atoms with Crippen LogP contribution in [-0.2, 0) is 24.2 Å². The Morgan fingerprint density at radius 3 is 2.62 bits per heavy atom. The molecule has 3 atom stereocenters. The maximum Gasteiger partial charge on any atom is 0.220 e. The van der Waals surface area contributed by atoms with Crippen LogP contribution in [0.5, 0.6) is 0 Å². The summed E-state index contributed by atoms with van der Waals surface area (Å²) in [6, 6.07) is 10.6. The van der Waals surface area contributed by atoms with Gasteiger partial charge in [-0.3, -0.25) is 4.79 Å². The molecule has 5 aliphatic rings. The minimum Gasteiger partial charge on any atom is -0.390 e. The van der Waals surface area contributed by atoms with E-state index < -0.39 is 5.60 Å². The van der Waals surface area contributed by atoms with E-state index in [0.29, 0.717) is 18.3 Å². The van der Waals surface area contributed by atoms with Crippen LogP contribution in [0.1, 0.15) is 75.0 Å². The average Bonchev–Trinajstić information content (AvgIpc) is 2.98. The highest BCUT2D eigenvalue weighted by Crippen LogP contribution is 2.62. The second kappa shape index (κ2) is 7.68. The van der Waals surface area contributed by atoms with Crippen molar-refractivity contribution >= 4 is 5.91 Å². The Balaban J connectivity index is 1.08. The van der Waals surface area contributed by atoms with Crippen LogP contribution >= 0.6 is 0 Å². The molecule has 2 aromatic rings. The Kier molecular flexibility index (Phi) is 4.90. The summed E-state index contributed by atoms with van der Waals surface area (Å²) in [5, 5.41) is 23.3. The zero-order chi connectivity index (χ0) is 21.8. The molecule has 7 rings (SSSR count). The molecule has 2 N–H and O–H groups in total. The van der Waals surface area contributed by atoms with Crippen molar-refractivity contribution in [2.75, 3.05) is 0 Å². The van der Waals surface area contributed by atoms with E-state index in [-0.39, 0.29) is 17.4 Å². The number of carbonyl (C=O) groups excluding carboxylic acids is 1. The third kappa shape index (κ3) is 3.87. The van der Waals surface area contributed by atoms with Crippen LogP contribution in [0.3, 0.4) is 0 Å². The van der Waals surface area contributed by atoms with E-state index in [0.717, 1.165) is 76.0 Å². The van der Waals surface area contributed by atoms with Crippen molar-refractivity contribution in [3.05, 3.63) is 47.5 Å². The Hall–Kier alpha value is -2.21. The lowest BCUT2D eigenvalue weighted by Crippen LogP contribution is -2.56. The van der Waals surface area contributed by atoms with Crippen LogP contribution in [0.15, 0.2) is 30.3 Å². The molecule has 0 spiro atoms. The van der Waals surface area contributed by atoms with Crippen molar-refractivity contribution < 1.29 is 9.90 Å². The van der Waals surface area contributed by atoms with Crippen LogP contribution in [0.25, 0.3) is 0 Å². The zero-order valence-electron chi connectivity index (χ0n) is 18.8. The lowest BCUT2D eigenvalue weighted by atomic mass is 9.47. The Labute approximate surface area is 189 Å². The number of fused-ring (bicyclic) bond motifs is 1. The van der Waals surface area contributed by atoms with Crippen LogP contribution < -0.4 is 5.32 Å². The number of aryl methyl sites for hydroxylation is 1. The van der Waals surface area contributed by atoms with Gasteiger partial charge in [0.05, 0.1) is 5.60 Å². The molecule has 6 heteroatoms. The highest BCUT2D eigenvalue weighted by Gasteiger charge is 2.57. The topological polar surface area (TPSA) is 80.0 Å². The molecule has 0 saturated heterocycles. The highest BCUT2D eigenvalue weighted by atomic mass is 16.3. The first-order chi connectivity index (χ1) is 15.5. The number of nitrogens with zero attached hydrogens (tertiary/aromatic N) is 3. The third-order valence-electron chi connectivity index (χ3n) is 8.58. The van der Waals surface area contributed by atoms with E-state index in [1.807, 2.05) is 6.07 Å². The molecule has 6 nitrogen and oxygen atoms in total. The number of aromatic nitrogens is 3. The molecule has 32 heavy (non-hydrogen) atoms. The van der Waals surface area contributed by atoms with E-state index in [2.05, 4.69) is 44.3 Å². The van der Waals surface area contributed by atoms with Gasteiger partial charge in [0.2, 0.25) is 5.91 Å². The molecule has 1 amide bonds. The number of benzene rings is 1. The SMILES string of the molecule is O=C(CC12CC3CC(CC(O)(C3)C1)C2)NC1CCc2nnc(Cc3ccccc3)n2CC1. The van der Waals surface area contributed by atoms with Crippen molar-refractivity contribution in [2.24, 2.45) is 17.3 Å². The number of carbonyl (C=O) groups is 1. The summed E-state index contributed by atoms with van der Waals surface area (Å²) in [4.78, 5) is 13.1. The first-order valence-corrected chi connectivity index (χ1v) is 12.4. The molecule has 170 valence electrons. The first-order valence-electron chi connectivity index (χ1n) is 12.4. The van der Waals surface area contributed by atoms with Crippen molar-refractivity contribution in [1.82, 2.24) is 20.1 Å². The second-order valence-electron chi connectivity index (χ2n) is 11.3. The molecule has 4 bridgehead atoms. The van der Waals surface area contributed by atoms with Crippen LogP contribution in [0.4, 0.5) is 0 Å². The standard InChI is InChI=1S/C26H34N4O2/c31-24(16-25-12-19-10-20(13-25)15-26(32,14-19)17-25)27-21-6-7-22-28-29-23(30(22)9-8-21)11-18-4-2-1-3-5-18/h1-5,19-21,32H,6-17H2,(H,27,31). The number of amides is 1. The molecule has 1 aliphatic heterocycles. The fourth-order valence-corrected chi connectivity index (χ4v) is 7.83. The molecule has 4 saturated carbocycles. The maximum absolute atomic E-state index is 13.1. The minimum absolute atomic E-state index is 0.0350. The van der Waals surface area contributed by atoms with Gasteiger partial charge in [0, 0.05) is 31.8 Å². The molecule has 0 radical (unpaired) electrons. The second-order valence-corrected chi connectivity index (χ2v) is 11.3. The summed E-state index contributed by atoms with van der Waals surface area (Å²) in [6.07, 6.45) is 10.3. The lowest BCUT2D eigenvalue weighted by Gasteiger charge is -2.60. The monoisotopic (exact) mass is 434 g/mol. The highest BCUT2D eigenvalue weighted by molar-refractivity contribution is 5.77. The Morgan fingerprint density at radius 2 is 1.88 bits per heavy atom. The largest absolute Gasteiger partial charge is 0.390 e. The molecular weight excluding hydrogens is 400 g/mol. The Bertz CT molecular complexity index is 987. The summed E-state index contributed by atoms with van der Waals surface area (Å²) in [6.45, 7) is 0.852. The molecule has 4 aliphatic carbocycles. The van der Waals surface area contributed by atoms with Gasteiger partial charge in [0.1, 0.15) is 11.6 Å². The van der Waals surface area contributed by atoms with Gasteiger partial charge in [-0.05, 0) is 74.2 Å². The molecule has 1 aromatic heterocycles. The molecule has 3 unspecified atom stereocenters. The van der Waals surface area contributed by atoms with Gasteiger partial charge in [-0.25, -0.2) is 0 Å². The van der Waals surface area contributed by atoms with E-state index in [1.54, 1.807) is 0 Å². The predicted octanol–water partition coefficient (Wildman–Crippen LogP) is 3.41. The van der Waals surface area contributed by atoms with Gasteiger partial charge in [0.25, 0.3) is 0 Å². The van der Waals surface area contributed by atoms with Crippen LogP contribution in [-0.4, -0.2) is 37.4 Å². The van der Waals surface area contributed by atoms with Crippen molar-refractivity contribution in [2.45, 2.75) is 88.8 Å². The summed E-state index contributed by atoms with van der Waals surface area (Å²) >= 11 is 0.